The van der Waals surface area contributed by atoms with Crippen molar-refractivity contribution >= 4 is 22.9 Å². The second-order valence-electron chi connectivity index (χ2n) is 4.18. The number of nitrogens with two attached hydrogens (primary N) is 1. The van der Waals surface area contributed by atoms with E-state index >= 15 is 0 Å². The summed E-state index contributed by atoms with van der Waals surface area (Å²) in [5, 5.41) is 0. The van der Waals surface area contributed by atoms with E-state index in [0.29, 0.717) is 0 Å². The molecule has 0 bridgehead atoms. The van der Waals surface area contributed by atoms with Gasteiger partial charge in [-0.05, 0) is 36.1 Å². The Kier molecular flexibility index (Phi) is 3.87. The lowest BCUT2D eigenvalue weighted by molar-refractivity contribution is 0.890. The quantitative estimate of drug-likeness (QED) is 0.879. The largest absolute Gasteiger partial charge is 0.320 e. The zero-order valence-corrected chi connectivity index (χ0v) is 11.6. The van der Waals surface area contributed by atoms with Crippen molar-refractivity contribution in [1.29, 1.82) is 0 Å². The van der Waals surface area contributed by atoms with Gasteiger partial charge >= 0.3 is 0 Å². The van der Waals surface area contributed by atoms with Crippen LogP contribution in [-0.4, -0.2) is 0 Å². The highest BCUT2D eigenvalue weighted by molar-refractivity contribution is 7.16. The van der Waals surface area contributed by atoms with Crippen LogP contribution in [-0.2, 0) is 6.42 Å². The molecule has 1 aromatic carbocycles. The van der Waals surface area contributed by atoms with Gasteiger partial charge in [0.05, 0.1) is 10.4 Å². The summed E-state index contributed by atoms with van der Waals surface area (Å²) in [6, 6.07) is 10.5. The van der Waals surface area contributed by atoms with E-state index in [9.17, 15) is 0 Å². The first-order valence-electron chi connectivity index (χ1n) is 5.72. The van der Waals surface area contributed by atoms with Crippen molar-refractivity contribution in [2.75, 3.05) is 0 Å². The highest BCUT2D eigenvalue weighted by Gasteiger charge is 2.13. The van der Waals surface area contributed by atoms with Crippen LogP contribution in [0.25, 0.3) is 0 Å². The van der Waals surface area contributed by atoms with Crippen LogP contribution in [0, 0.1) is 6.92 Å². The summed E-state index contributed by atoms with van der Waals surface area (Å²) in [5.74, 6) is 0. The van der Waals surface area contributed by atoms with Crippen molar-refractivity contribution in [3.05, 3.63) is 56.2 Å². The third kappa shape index (κ3) is 2.71. The summed E-state index contributed by atoms with van der Waals surface area (Å²) in [4.78, 5) is 1.12. The zero-order valence-electron chi connectivity index (χ0n) is 10.0. The van der Waals surface area contributed by atoms with Crippen LogP contribution in [0.4, 0.5) is 0 Å². The van der Waals surface area contributed by atoms with Gasteiger partial charge in [0.1, 0.15) is 0 Å². The number of hydrogen-bond donors (Lipinski definition) is 1. The van der Waals surface area contributed by atoms with Gasteiger partial charge in [-0.25, -0.2) is 0 Å². The normalized spacial score (nSPS) is 12.7. The number of halogens is 1. The van der Waals surface area contributed by atoms with Gasteiger partial charge in [0.15, 0.2) is 0 Å². The van der Waals surface area contributed by atoms with Crippen molar-refractivity contribution in [2.24, 2.45) is 5.73 Å². The topological polar surface area (TPSA) is 26.0 Å². The summed E-state index contributed by atoms with van der Waals surface area (Å²) >= 11 is 7.64. The standard InChI is InChI=1S/C14H16ClNS/c1-3-10-4-6-11(7-5-10)13(16)12-8-9(2)14(15)17-12/h4-8,13H,3,16H2,1-2H3. The van der Waals surface area contributed by atoms with E-state index in [1.165, 1.54) is 5.56 Å². The highest BCUT2D eigenvalue weighted by atomic mass is 35.5. The molecule has 0 aliphatic heterocycles. The maximum absolute atomic E-state index is 6.24. The monoisotopic (exact) mass is 265 g/mol. The second-order valence-corrected chi connectivity index (χ2v) is 5.86. The molecule has 1 atom stereocenters. The smallest absolute Gasteiger partial charge is 0.0961 e. The average molecular weight is 266 g/mol. The molecule has 0 saturated carbocycles. The van der Waals surface area contributed by atoms with Crippen LogP contribution in [0.2, 0.25) is 4.34 Å². The summed E-state index contributed by atoms with van der Waals surface area (Å²) in [6.07, 6.45) is 1.06. The molecule has 0 aliphatic carbocycles. The van der Waals surface area contributed by atoms with Crippen LogP contribution in [0.1, 0.15) is 34.5 Å². The van der Waals surface area contributed by atoms with Gasteiger partial charge < -0.3 is 5.73 Å². The Bertz CT molecular complexity index is 482. The second kappa shape index (κ2) is 5.21. The first-order chi connectivity index (χ1) is 8.11. The first-order valence-corrected chi connectivity index (χ1v) is 6.91. The van der Waals surface area contributed by atoms with Gasteiger partial charge in [0.2, 0.25) is 0 Å². The van der Waals surface area contributed by atoms with Gasteiger partial charge in [-0.2, -0.15) is 0 Å². The lowest BCUT2D eigenvalue weighted by Gasteiger charge is -2.10. The van der Waals surface area contributed by atoms with Crippen molar-refractivity contribution in [3.63, 3.8) is 0 Å². The molecule has 0 saturated heterocycles. The molecule has 0 fully saturated rings. The molecule has 0 amide bonds. The van der Waals surface area contributed by atoms with Gasteiger partial charge in [-0.15, -0.1) is 11.3 Å². The molecule has 1 aromatic heterocycles. The highest BCUT2D eigenvalue weighted by Crippen LogP contribution is 2.32. The van der Waals surface area contributed by atoms with Gasteiger partial charge in [0.25, 0.3) is 0 Å². The van der Waals surface area contributed by atoms with Crippen LogP contribution < -0.4 is 5.73 Å². The third-order valence-corrected chi connectivity index (χ3v) is 4.57. The van der Waals surface area contributed by atoms with Gasteiger partial charge in [-0.3, -0.25) is 0 Å². The van der Waals surface area contributed by atoms with E-state index in [4.69, 9.17) is 17.3 Å². The Morgan fingerprint density at radius 1 is 1.29 bits per heavy atom. The molecule has 2 aromatic rings. The Morgan fingerprint density at radius 2 is 1.94 bits per heavy atom. The minimum atomic E-state index is -0.0721. The minimum Gasteiger partial charge on any atom is -0.320 e. The van der Waals surface area contributed by atoms with E-state index in [-0.39, 0.29) is 6.04 Å². The Morgan fingerprint density at radius 3 is 2.41 bits per heavy atom. The summed E-state index contributed by atoms with van der Waals surface area (Å²) in [6.45, 7) is 4.16. The number of thiophene rings is 1. The molecular formula is C14H16ClNS. The minimum absolute atomic E-state index is 0.0721. The molecular weight excluding hydrogens is 250 g/mol. The van der Waals surface area contributed by atoms with E-state index in [1.54, 1.807) is 11.3 Å². The predicted octanol–water partition coefficient (Wildman–Crippen LogP) is 4.32. The first kappa shape index (κ1) is 12.6. The Balaban J connectivity index is 2.26. The van der Waals surface area contributed by atoms with Crippen LogP contribution >= 0.6 is 22.9 Å². The van der Waals surface area contributed by atoms with E-state index in [0.717, 1.165) is 26.8 Å². The molecule has 1 nitrogen and oxygen atoms in total. The Hall–Kier alpha value is -0.830. The van der Waals surface area contributed by atoms with Crippen LogP contribution in [0.5, 0.6) is 0 Å². The maximum atomic E-state index is 6.24. The lowest BCUT2D eigenvalue weighted by atomic mass is 10.0. The zero-order chi connectivity index (χ0) is 12.4. The summed E-state index contributed by atoms with van der Waals surface area (Å²) in [5.41, 5.74) is 9.82. The van der Waals surface area contributed by atoms with Gasteiger partial charge in [-0.1, -0.05) is 42.8 Å². The van der Waals surface area contributed by atoms with E-state index < -0.39 is 0 Å². The molecule has 1 heterocycles. The molecule has 3 heteroatoms. The van der Waals surface area contributed by atoms with Crippen LogP contribution in [0.3, 0.4) is 0 Å². The number of benzene rings is 1. The SMILES string of the molecule is CCc1ccc(C(N)c2cc(C)c(Cl)s2)cc1. The Labute approximate surface area is 111 Å². The third-order valence-electron chi connectivity index (χ3n) is 2.93. The van der Waals surface area contributed by atoms with Crippen molar-refractivity contribution in [2.45, 2.75) is 26.3 Å². The fourth-order valence-corrected chi connectivity index (χ4v) is 3.01. The number of aryl methyl sites for hydroxylation is 2. The molecule has 2 rings (SSSR count). The number of hydrogen-bond acceptors (Lipinski definition) is 2. The molecule has 0 radical (unpaired) electrons. The summed E-state index contributed by atoms with van der Waals surface area (Å²) in [7, 11) is 0. The molecule has 2 N–H and O–H groups in total. The van der Waals surface area contributed by atoms with E-state index in [2.05, 4.69) is 37.3 Å². The predicted molar refractivity (Wildman–Crippen MR) is 75.9 cm³/mol. The van der Waals surface area contributed by atoms with Crippen molar-refractivity contribution < 1.29 is 0 Å². The van der Waals surface area contributed by atoms with Gasteiger partial charge in [0, 0.05) is 4.88 Å². The van der Waals surface area contributed by atoms with Crippen LogP contribution in [0.15, 0.2) is 30.3 Å². The average Bonchev–Trinajstić information content (AvgIpc) is 2.69. The molecule has 1 unspecified atom stereocenters. The lowest BCUT2D eigenvalue weighted by Crippen LogP contribution is -2.10. The fraction of sp³-hybridized carbons (Fsp3) is 0.286. The molecule has 0 spiro atoms. The maximum Gasteiger partial charge on any atom is 0.0961 e. The van der Waals surface area contributed by atoms with E-state index in [1.807, 2.05) is 6.92 Å². The van der Waals surface area contributed by atoms with Crippen molar-refractivity contribution in [3.8, 4) is 0 Å². The summed E-state index contributed by atoms with van der Waals surface area (Å²) < 4.78 is 0.834. The fourth-order valence-electron chi connectivity index (χ4n) is 1.76. The number of rotatable bonds is 3. The molecule has 0 aliphatic rings. The molecule has 90 valence electrons. The van der Waals surface area contributed by atoms with Crippen molar-refractivity contribution in [1.82, 2.24) is 0 Å². The molecule has 17 heavy (non-hydrogen) atoms.